The molecular weight excluding hydrogens is 248 g/mol. The van der Waals surface area contributed by atoms with Crippen molar-refractivity contribution in [2.24, 2.45) is 5.41 Å². The zero-order chi connectivity index (χ0) is 14.6. The summed E-state index contributed by atoms with van der Waals surface area (Å²) in [4.78, 5) is 22.6. The van der Waals surface area contributed by atoms with Crippen molar-refractivity contribution in [2.45, 2.75) is 58.7 Å². The van der Waals surface area contributed by atoms with Gasteiger partial charge in [-0.15, -0.1) is 0 Å². The number of carbonyl (C=O) groups excluding carboxylic acids is 1. The number of carboxylic acid groups (broad SMARTS) is 1. The molecule has 3 atom stereocenters. The molecule has 19 heavy (non-hydrogen) atoms. The second-order valence-corrected chi connectivity index (χ2v) is 5.47. The van der Waals surface area contributed by atoms with Crippen molar-refractivity contribution in [3.05, 3.63) is 0 Å². The van der Waals surface area contributed by atoms with E-state index in [1.165, 1.54) is 0 Å². The lowest BCUT2D eigenvalue weighted by Gasteiger charge is -2.51. The number of amides is 2. The first-order valence-electron chi connectivity index (χ1n) is 6.74. The molecule has 0 spiro atoms. The molecule has 3 unspecified atom stereocenters. The third-order valence-corrected chi connectivity index (χ3v) is 3.86. The first-order valence-corrected chi connectivity index (χ1v) is 6.74. The van der Waals surface area contributed by atoms with Gasteiger partial charge < -0.3 is 20.5 Å². The first-order chi connectivity index (χ1) is 8.82. The molecule has 0 bridgehead atoms. The van der Waals surface area contributed by atoms with Gasteiger partial charge in [0, 0.05) is 18.1 Å². The maximum Gasteiger partial charge on any atom is 0.326 e. The molecule has 0 aromatic heterocycles. The second kappa shape index (κ2) is 6.23. The van der Waals surface area contributed by atoms with Crippen molar-refractivity contribution in [1.82, 2.24) is 10.6 Å². The highest BCUT2D eigenvalue weighted by Gasteiger charge is 2.49. The van der Waals surface area contributed by atoms with Gasteiger partial charge in [0.2, 0.25) is 0 Å². The standard InChI is InChI=1S/C13H24N2O4/c1-5-8(11(16)17)14-12(18)15-9-7-10(19-6-2)13(9,3)4/h8-10H,5-7H2,1-4H3,(H,16,17)(H2,14,15,18). The van der Waals surface area contributed by atoms with Gasteiger partial charge >= 0.3 is 12.0 Å². The van der Waals surface area contributed by atoms with Gasteiger partial charge in [-0.1, -0.05) is 20.8 Å². The summed E-state index contributed by atoms with van der Waals surface area (Å²) < 4.78 is 5.58. The smallest absolute Gasteiger partial charge is 0.326 e. The van der Waals surface area contributed by atoms with E-state index < -0.39 is 18.0 Å². The van der Waals surface area contributed by atoms with E-state index in [2.05, 4.69) is 10.6 Å². The van der Waals surface area contributed by atoms with E-state index >= 15 is 0 Å². The molecule has 1 aliphatic rings. The van der Waals surface area contributed by atoms with Crippen LogP contribution in [0.15, 0.2) is 0 Å². The molecule has 0 aromatic rings. The highest BCUT2D eigenvalue weighted by atomic mass is 16.5. The summed E-state index contributed by atoms with van der Waals surface area (Å²) in [5, 5.41) is 14.2. The fourth-order valence-electron chi connectivity index (χ4n) is 2.31. The van der Waals surface area contributed by atoms with Gasteiger partial charge in [0.15, 0.2) is 0 Å². The molecule has 110 valence electrons. The van der Waals surface area contributed by atoms with E-state index in [1.54, 1.807) is 6.92 Å². The number of carbonyl (C=O) groups is 2. The summed E-state index contributed by atoms with van der Waals surface area (Å²) in [5.74, 6) is -1.02. The number of nitrogens with one attached hydrogen (secondary N) is 2. The molecule has 0 aromatic carbocycles. The average molecular weight is 272 g/mol. The van der Waals surface area contributed by atoms with Crippen LogP contribution in [-0.4, -0.2) is 41.9 Å². The van der Waals surface area contributed by atoms with Gasteiger partial charge in [0.1, 0.15) is 6.04 Å². The van der Waals surface area contributed by atoms with E-state index in [4.69, 9.17) is 9.84 Å². The van der Waals surface area contributed by atoms with Gasteiger partial charge in [-0.05, 0) is 19.8 Å². The maximum absolute atomic E-state index is 11.7. The Bertz CT molecular complexity index is 344. The summed E-state index contributed by atoms with van der Waals surface area (Å²) in [6, 6.07) is -1.26. The van der Waals surface area contributed by atoms with Gasteiger partial charge in [-0.2, -0.15) is 0 Å². The molecule has 1 aliphatic carbocycles. The highest BCUT2D eigenvalue weighted by Crippen LogP contribution is 2.42. The van der Waals surface area contributed by atoms with E-state index in [0.717, 1.165) is 6.42 Å². The van der Waals surface area contributed by atoms with Crippen molar-refractivity contribution in [3.63, 3.8) is 0 Å². The fourth-order valence-corrected chi connectivity index (χ4v) is 2.31. The fraction of sp³-hybridized carbons (Fsp3) is 0.846. The van der Waals surface area contributed by atoms with E-state index in [9.17, 15) is 9.59 Å². The number of urea groups is 1. The van der Waals surface area contributed by atoms with Crippen molar-refractivity contribution >= 4 is 12.0 Å². The van der Waals surface area contributed by atoms with Crippen LogP contribution in [0.1, 0.15) is 40.5 Å². The minimum absolute atomic E-state index is 0.00958. The van der Waals surface area contributed by atoms with Crippen LogP contribution in [0.2, 0.25) is 0 Å². The van der Waals surface area contributed by atoms with E-state index in [-0.39, 0.29) is 17.6 Å². The molecular formula is C13H24N2O4. The van der Waals surface area contributed by atoms with Crippen molar-refractivity contribution in [2.75, 3.05) is 6.61 Å². The number of aliphatic carboxylic acids is 1. The largest absolute Gasteiger partial charge is 0.480 e. The van der Waals surface area contributed by atoms with Crippen LogP contribution in [0.4, 0.5) is 4.79 Å². The molecule has 1 saturated carbocycles. The Hall–Kier alpha value is -1.30. The highest BCUT2D eigenvalue weighted by molar-refractivity contribution is 5.82. The Kier molecular flexibility index (Phi) is 5.17. The minimum Gasteiger partial charge on any atom is -0.480 e. The Morgan fingerprint density at radius 3 is 2.47 bits per heavy atom. The predicted molar refractivity (Wildman–Crippen MR) is 71.0 cm³/mol. The maximum atomic E-state index is 11.7. The summed E-state index contributed by atoms with van der Waals surface area (Å²) in [5.41, 5.74) is -0.127. The SMILES string of the molecule is CCOC1CC(NC(=O)NC(CC)C(=O)O)C1(C)C. The topological polar surface area (TPSA) is 87.7 Å². The van der Waals surface area contributed by atoms with Crippen molar-refractivity contribution in [1.29, 1.82) is 0 Å². The van der Waals surface area contributed by atoms with Crippen molar-refractivity contribution < 1.29 is 19.4 Å². The van der Waals surface area contributed by atoms with Crippen molar-refractivity contribution in [3.8, 4) is 0 Å². The number of rotatable bonds is 6. The molecule has 3 N–H and O–H groups in total. The number of hydrogen-bond acceptors (Lipinski definition) is 3. The zero-order valence-electron chi connectivity index (χ0n) is 12.0. The zero-order valence-corrected chi connectivity index (χ0v) is 12.0. The summed E-state index contributed by atoms with van der Waals surface area (Å²) in [7, 11) is 0. The summed E-state index contributed by atoms with van der Waals surface area (Å²) in [6.07, 6.45) is 1.26. The van der Waals surface area contributed by atoms with Crippen LogP contribution in [0.3, 0.4) is 0 Å². The second-order valence-electron chi connectivity index (χ2n) is 5.47. The molecule has 0 saturated heterocycles. The normalized spacial score (nSPS) is 26.1. The number of ether oxygens (including phenoxy) is 1. The lowest BCUT2D eigenvalue weighted by Crippen LogP contribution is -2.64. The van der Waals surface area contributed by atoms with Crippen LogP contribution in [0.5, 0.6) is 0 Å². The van der Waals surface area contributed by atoms with E-state index in [0.29, 0.717) is 13.0 Å². The minimum atomic E-state index is -1.02. The molecule has 2 amide bonds. The summed E-state index contributed by atoms with van der Waals surface area (Å²) >= 11 is 0. The lowest BCUT2D eigenvalue weighted by atomic mass is 9.64. The van der Waals surface area contributed by atoms with E-state index in [1.807, 2.05) is 20.8 Å². The van der Waals surface area contributed by atoms with Gasteiger partial charge in [0.05, 0.1) is 6.10 Å². The molecule has 0 aliphatic heterocycles. The molecule has 6 nitrogen and oxygen atoms in total. The Labute approximate surface area is 113 Å². The van der Waals surface area contributed by atoms with Gasteiger partial charge in [-0.25, -0.2) is 9.59 Å². The lowest BCUT2D eigenvalue weighted by molar-refractivity contribution is -0.139. The Balaban J connectivity index is 2.44. The molecule has 1 rings (SSSR count). The quantitative estimate of drug-likeness (QED) is 0.681. The average Bonchev–Trinajstić information content (AvgIpc) is 2.34. The summed E-state index contributed by atoms with van der Waals surface area (Å²) in [6.45, 7) is 8.40. The van der Waals surface area contributed by atoms with Crippen LogP contribution >= 0.6 is 0 Å². The molecule has 1 fully saturated rings. The first kappa shape index (κ1) is 15.8. The van der Waals surface area contributed by atoms with Crippen LogP contribution in [-0.2, 0) is 9.53 Å². The monoisotopic (exact) mass is 272 g/mol. The molecule has 0 radical (unpaired) electrons. The third-order valence-electron chi connectivity index (χ3n) is 3.86. The predicted octanol–water partition coefficient (Wildman–Crippen LogP) is 1.35. The third kappa shape index (κ3) is 3.59. The van der Waals surface area contributed by atoms with Gasteiger partial charge in [0.25, 0.3) is 0 Å². The number of hydrogen-bond donors (Lipinski definition) is 3. The molecule has 6 heteroatoms. The Morgan fingerprint density at radius 2 is 2.05 bits per heavy atom. The van der Waals surface area contributed by atoms with Crippen LogP contribution in [0.25, 0.3) is 0 Å². The molecule has 0 heterocycles. The Morgan fingerprint density at radius 1 is 1.42 bits per heavy atom. The van der Waals surface area contributed by atoms with Crippen LogP contribution < -0.4 is 10.6 Å². The van der Waals surface area contributed by atoms with Crippen LogP contribution in [0, 0.1) is 5.41 Å². The number of carboxylic acids is 1. The van der Waals surface area contributed by atoms with Gasteiger partial charge in [-0.3, -0.25) is 0 Å².